The van der Waals surface area contributed by atoms with Crippen LogP contribution in [0.5, 0.6) is 0 Å². The fourth-order valence-corrected chi connectivity index (χ4v) is 2.02. The van der Waals surface area contributed by atoms with Crippen LogP contribution in [0.1, 0.15) is 5.56 Å². The van der Waals surface area contributed by atoms with E-state index in [-0.39, 0.29) is 0 Å². The summed E-state index contributed by atoms with van der Waals surface area (Å²) < 4.78 is 26.7. The molecule has 110 valence electrons. The summed E-state index contributed by atoms with van der Waals surface area (Å²) in [5.74, 6) is -1.65. The SMILES string of the molecule is O=C(NCCc1ccccc1Cl)Nc1c(F)cccc1F. The molecule has 0 fully saturated rings. The molecular weight excluding hydrogens is 298 g/mol. The van der Waals surface area contributed by atoms with E-state index in [0.29, 0.717) is 18.0 Å². The molecule has 0 radical (unpaired) electrons. The molecule has 3 nitrogen and oxygen atoms in total. The van der Waals surface area contributed by atoms with Crippen LogP contribution in [0.25, 0.3) is 0 Å². The maximum absolute atomic E-state index is 13.4. The molecule has 0 atom stereocenters. The first-order valence-corrected chi connectivity index (χ1v) is 6.68. The van der Waals surface area contributed by atoms with Gasteiger partial charge in [0.1, 0.15) is 17.3 Å². The summed E-state index contributed by atoms with van der Waals surface area (Å²) in [4.78, 5) is 11.6. The van der Waals surface area contributed by atoms with Crippen molar-refractivity contribution in [2.24, 2.45) is 0 Å². The zero-order valence-corrected chi connectivity index (χ0v) is 11.8. The van der Waals surface area contributed by atoms with Crippen LogP contribution in [0.15, 0.2) is 42.5 Å². The summed E-state index contributed by atoms with van der Waals surface area (Å²) in [6.07, 6.45) is 0.521. The number of benzene rings is 2. The first-order chi connectivity index (χ1) is 10.1. The molecule has 2 N–H and O–H groups in total. The highest BCUT2D eigenvalue weighted by molar-refractivity contribution is 6.31. The second kappa shape index (κ2) is 7.04. The van der Waals surface area contributed by atoms with Crippen molar-refractivity contribution in [2.75, 3.05) is 11.9 Å². The maximum atomic E-state index is 13.4. The molecule has 0 aromatic heterocycles. The number of rotatable bonds is 4. The number of hydrogen-bond acceptors (Lipinski definition) is 1. The molecule has 0 aliphatic heterocycles. The van der Waals surface area contributed by atoms with Crippen molar-refractivity contribution in [2.45, 2.75) is 6.42 Å². The van der Waals surface area contributed by atoms with Gasteiger partial charge in [-0.15, -0.1) is 0 Å². The zero-order chi connectivity index (χ0) is 15.2. The topological polar surface area (TPSA) is 41.1 Å². The van der Waals surface area contributed by atoms with Crippen molar-refractivity contribution in [1.29, 1.82) is 0 Å². The number of hydrogen-bond donors (Lipinski definition) is 2. The van der Waals surface area contributed by atoms with Crippen molar-refractivity contribution in [3.05, 3.63) is 64.7 Å². The Labute approximate surface area is 125 Å². The van der Waals surface area contributed by atoms with E-state index in [4.69, 9.17) is 11.6 Å². The number of halogens is 3. The van der Waals surface area contributed by atoms with Gasteiger partial charge in [-0.1, -0.05) is 35.9 Å². The van der Waals surface area contributed by atoms with Crippen LogP contribution in [0.2, 0.25) is 5.02 Å². The Morgan fingerprint density at radius 2 is 1.71 bits per heavy atom. The number of anilines is 1. The van der Waals surface area contributed by atoms with Gasteiger partial charge in [0.15, 0.2) is 0 Å². The lowest BCUT2D eigenvalue weighted by molar-refractivity contribution is 0.252. The van der Waals surface area contributed by atoms with Gasteiger partial charge in [0.2, 0.25) is 0 Å². The summed E-state index contributed by atoms with van der Waals surface area (Å²) in [6.45, 7) is 0.297. The molecule has 2 aromatic carbocycles. The molecule has 2 aromatic rings. The molecular formula is C15H13ClF2N2O. The van der Waals surface area contributed by atoms with Crippen molar-refractivity contribution in [3.63, 3.8) is 0 Å². The van der Waals surface area contributed by atoms with Crippen LogP contribution < -0.4 is 10.6 Å². The van der Waals surface area contributed by atoms with Crippen molar-refractivity contribution < 1.29 is 13.6 Å². The smallest absolute Gasteiger partial charge is 0.319 e. The normalized spacial score (nSPS) is 10.2. The average molecular weight is 311 g/mol. The Morgan fingerprint density at radius 1 is 1.05 bits per heavy atom. The van der Waals surface area contributed by atoms with Crippen molar-refractivity contribution in [3.8, 4) is 0 Å². The van der Waals surface area contributed by atoms with E-state index < -0.39 is 23.4 Å². The Hall–Kier alpha value is -2.14. The molecule has 0 spiro atoms. The monoisotopic (exact) mass is 310 g/mol. The number of nitrogens with one attached hydrogen (secondary N) is 2. The van der Waals surface area contributed by atoms with E-state index >= 15 is 0 Å². The molecule has 0 aliphatic rings. The lowest BCUT2D eigenvalue weighted by Gasteiger charge is -2.09. The van der Waals surface area contributed by atoms with E-state index in [1.54, 1.807) is 6.07 Å². The third kappa shape index (κ3) is 4.16. The van der Waals surface area contributed by atoms with Gasteiger partial charge in [-0.3, -0.25) is 0 Å². The van der Waals surface area contributed by atoms with Gasteiger partial charge in [0.25, 0.3) is 0 Å². The van der Waals surface area contributed by atoms with E-state index in [2.05, 4.69) is 10.6 Å². The molecule has 6 heteroatoms. The minimum Gasteiger partial charge on any atom is -0.338 e. The van der Waals surface area contributed by atoms with Crippen molar-refractivity contribution in [1.82, 2.24) is 5.32 Å². The van der Waals surface area contributed by atoms with Crippen molar-refractivity contribution >= 4 is 23.3 Å². The third-order valence-corrected chi connectivity index (χ3v) is 3.21. The lowest BCUT2D eigenvalue weighted by atomic mass is 10.1. The van der Waals surface area contributed by atoms with Crippen LogP contribution >= 0.6 is 11.6 Å². The molecule has 2 rings (SSSR count). The molecule has 21 heavy (non-hydrogen) atoms. The second-order valence-corrected chi connectivity index (χ2v) is 4.73. The summed E-state index contributed by atoms with van der Waals surface area (Å²) in [6, 6.07) is 9.95. The van der Waals surface area contributed by atoms with Gasteiger partial charge >= 0.3 is 6.03 Å². The molecule has 0 unspecified atom stereocenters. The standard InChI is InChI=1S/C15H13ClF2N2O/c16-11-5-2-1-4-10(11)8-9-19-15(21)20-14-12(17)6-3-7-13(14)18/h1-7H,8-9H2,(H2,19,20,21). The van der Waals surface area contributed by atoms with Gasteiger partial charge < -0.3 is 10.6 Å². The maximum Gasteiger partial charge on any atom is 0.319 e. The number of carbonyl (C=O) groups is 1. The number of amides is 2. The highest BCUT2D eigenvalue weighted by Gasteiger charge is 2.11. The fourth-order valence-electron chi connectivity index (χ4n) is 1.79. The molecule has 0 aliphatic carbocycles. The highest BCUT2D eigenvalue weighted by atomic mass is 35.5. The van der Waals surface area contributed by atoms with Gasteiger partial charge in [0.05, 0.1) is 0 Å². The predicted molar refractivity (Wildman–Crippen MR) is 78.5 cm³/mol. The molecule has 0 saturated carbocycles. The van der Waals surface area contributed by atoms with Crippen LogP contribution in [-0.4, -0.2) is 12.6 Å². The van der Waals surface area contributed by atoms with Crippen LogP contribution in [0.4, 0.5) is 19.3 Å². The largest absolute Gasteiger partial charge is 0.338 e. The first kappa shape index (κ1) is 15.3. The predicted octanol–water partition coefficient (Wildman–Crippen LogP) is 3.98. The van der Waals surface area contributed by atoms with Crippen LogP contribution in [0.3, 0.4) is 0 Å². The third-order valence-electron chi connectivity index (χ3n) is 2.84. The summed E-state index contributed by atoms with van der Waals surface area (Å²) in [5, 5.41) is 5.28. The summed E-state index contributed by atoms with van der Waals surface area (Å²) >= 11 is 5.98. The summed E-state index contributed by atoms with van der Waals surface area (Å²) in [5.41, 5.74) is 0.421. The molecule has 0 heterocycles. The minimum atomic E-state index is -0.823. The molecule has 2 amide bonds. The fraction of sp³-hybridized carbons (Fsp3) is 0.133. The Morgan fingerprint density at radius 3 is 2.38 bits per heavy atom. The first-order valence-electron chi connectivity index (χ1n) is 6.30. The summed E-state index contributed by atoms with van der Waals surface area (Å²) in [7, 11) is 0. The lowest BCUT2D eigenvalue weighted by Crippen LogP contribution is -2.31. The van der Waals surface area contributed by atoms with E-state index in [1.807, 2.05) is 18.2 Å². The minimum absolute atomic E-state index is 0.297. The second-order valence-electron chi connectivity index (χ2n) is 4.32. The van der Waals surface area contributed by atoms with E-state index in [9.17, 15) is 13.6 Å². The molecule has 0 bridgehead atoms. The highest BCUT2D eigenvalue weighted by Crippen LogP contribution is 2.18. The van der Waals surface area contributed by atoms with Gasteiger partial charge in [-0.25, -0.2) is 13.6 Å². The van der Waals surface area contributed by atoms with Gasteiger partial charge in [0, 0.05) is 11.6 Å². The number of para-hydroxylation sites is 1. The van der Waals surface area contributed by atoms with Crippen LogP contribution in [0, 0.1) is 11.6 Å². The van der Waals surface area contributed by atoms with Gasteiger partial charge in [-0.2, -0.15) is 0 Å². The number of carbonyl (C=O) groups excluding carboxylic acids is 1. The molecule has 0 saturated heterocycles. The Bertz CT molecular complexity index is 629. The number of urea groups is 1. The van der Waals surface area contributed by atoms with Crippen LogP contribution in [-0.2, 0) is 6.42 Å². The van der Waals surface area contributed by atoms with E-state index in [0.717, 1.165) is 17.7 Å². The Kier molecular flexibility index (Phi) is 5.11. The Balaban J connectivity index is 1.87. The zero-order valence-electron chi connectivity index (χ0n) is 11.0. The van der Waals surface area contributed by atoms with E-state index in [1.165, 1.54) is 6.07 Å². The van der Waals surface area contributed by atoms with Gasteiger partial charge in [-0.05, 0) is 30.2 Å². The quantitative estimate of drug-likeness (QED) is 0.881. The average Bonchev–Trinajstić information content (AvgIpc) is 2.45.